The van der Waals surface area contributed by atoms with Crippen LogP contribution in [0.5, 0.6) is 5.75 Å². The summed E-state index contributed by atoms with van der Waals surface area (Å²) in [6.45, 7) is 23.4. The van der Waals surface area contributed by atoms with Crippen molar-refractivity contribution in [1.29, 1.82) is 0 Å². The number of fused-ring (bicyclic) bond motifs is 2. The minimum absolute atomic E-state index is 0.0146. The minimum Gasteiger partial charge on any atom is -0.478 e. The third-order valence-electron chi connectivity index (χ3n) is 7.89. The van der Waals surface area contributed by atoms with Crippen molar-refractivity contribution >= 4 is 32.0 Å². The van der Waals surface area contributed by atoms with Gasteiger partial charge in [-0.1, -0.05) is 32.9 Å². The van der Waals surface area contributed by atoms with Gasteiger partial charge in [0.1, 0.15) is 17.0 Å². The first kappa shape index (κ1) is 34.4. The van der Waals surface area contributed by atoms with Crippen molar-refractivity contribution < 1.29 is 38.1 Å². The van der Waals surface area contributed by atoms with Crippen LogP contribution < -0.4 is 4.74 Å². The number of carbonyl (C=O) groups is 3. The SMILES string of the molecule is CC(Oc1cccc(C2=C(C(=O)O)C3CN(C(=O)OC(C)(C)C)CC(C2)N3C(=O)OC(C)(C)C)c1)O[Si](C)(C)C(C)(C)C. The third kappa shape index (κ3) is 8.53. The zero-order valence-corrected chi connectivity index (χ0v) is 28.9. The second kappa shape index (κ2) is 12.1. The van der Waals surface area contributed by atoms with Crippen LogP contribution in [0.4, 0.5) is 9.59 Å². The van der Waals surface area contributed by atoms with Crippen molar-refractivity contribution in [3.63, 3.8) is 0 Å². The van der Waals surface area contributed by atoms with Crippen molar-refractivity contribution in [2.45, 2.75) is 123 Å². The highest BCUT2D eigenvalue weighted by atomic mass is 28.4. The number of ether oxygens (including phenoxy) is 3. The van der Waals surface area contributed by atoms with E-state index in [1.54, 1.807) is 41.5 Å². The van der Waals surface area contributed by atoms with E-state index in [4.69, 9.17) is 18.6 Å². The first-order valence-electron chi connectivity index (χ1n) is 14.9. The number of hydrogen-bond donors (Lipinski definition) is 1. The number of carboxylic acids is 1. The fraction of sp³-hybridized carbons (Fsp3) is 0.656. The third-order valence-corrected chi connectivity index (χ3v) is 12.4. The Morgan fingerprint density at radius 2 is 1.51 bits per heavy atom. The van der Waals surface area contributed by atoms with Crippen LogP contribution in [0.25, 0.3) is 5.57 Å². The number of piperazine rings is 1. The van der Waals surface area contributed by atoms with E-state index < -0.39 is 56.0 Å². The van der Waals surface area contributed by atoms with Gasteiger partial charge in [0.2, 0.25) is 0 Å². The molecule has 2 aliphatic rings. The van der Waals surface area contributed by atoms with E-state index in [1.807, 2.05) is 31.2 Å². The largest absolute Gasteiger partial charge is 0.478 e. The standard InChI is InChI=1S/C32H50N2O8Si/c1-20(42-43(11,12)32(8,9)10)39-23-15-13-14-21(16-23)24-17-22-18-33(28(37)40-30(2,3)4)19-25(26(24)27(35)36)34(22)29(38)41-31(5,6)7/h13-16,20,22,25H,17-19H2,1-12H3,(H,35,36). The highest BCUT2D eigenvalue weighted by Gasteiger charge is 2.49. The summed E-state index contributed by atoms with van der Waals surface area (Å²) in [7, 11) is -2.08. The molecule has 0 radical (unpaired) electrons. The molecule has 0 aliphatic carbocycles. The quantitative estimate of drug-likeness (QED) is 0.270. The lowest BCUT2D eigenvalue weighted by atomic mass is 9.82. The van der Waals surface area contributed by atoms with E-state index >= 15 is 0 Å². The molecule has 3 unspecified atom stereocenters. The van der Waals surface area contributed by atoms with Crippen molar-refractivity contribution in [3.8, 4) is 5.75 Å². The number of carbonyl (C=O) groups excluding carboxylic acids is 2. The molecule has 1 aromatic rings. The van der Waals surface area contributed by atoms with Crippen molar-refractivity contribution in [2.75, 3.05) is 13.1 Å². The molecule has 3 atom stereocenters. The predicted molar refractivity (Wildman–Crippen MR) is 167 cm³/mol. The van der Waals surface area contributed by atoms with E-state index in [-0.39, 0.29) is 30.1 Å². The van der Waals surface area contributed by atoms with Crippen molar-refractivity contribution in [3.05, 3.63) is 35.4 Å². The van der Waals surface area contributed by atoms with Gasteiger partial charge in [0, 0.05) is 13.1 Å². The molecular formula is C32H50N2O8Si. The van der Waals surface area contributed by atoms with Gasteiger partial charge in [0.15, 0.2) is 14.6 Å². The monoisotopic (exact) mass is 618 g/mol. The number of rotatable bonds is 6. The van der Waals surface area contributed by atoms with Gasteiger partial charge >= 0.3 is 18.2 Å². The molecule has 2 aliphatic heterocycles. The molecule has 2 bridgehead atoms. The fourth-order valence-corrected chi connectivity index (χ4v) is 6.32. The minimum atomic E-state index is -2.08. The van der Waals surface area contributed by atoms with Crippen molar-refractivity contribution in [2.24, 2.45) is 0 Å². The van der Waals surface area contributed by atoms with Crippen LogP contribution in [0.1, 0.15) is 81.2 Å². The molecule has 1 aromatic carbocycles. The Balaban J connectivity index is 2.01. The zero-order chi connectivity index (χ0) is 32.7. The highest BCUT2D eigenvalue weighted by molar-refractivity contribution is 6.74. The number of amides is 2. The maximum Gasteiger partial charge on any atom is 0.411 e. The smallest absolute Gasteiger partial charge is 0.411 e. The van der Waals surface area contributed by atoms with Crippen LogP contribution in [-0.2, 0) is 18.7 Å². The molecule has 1 fully saturated rings. The Morgan fingerprint density at radius 3 is 2.05 bits per heavy atom. The molecule has 0 saturated carbocycles. The van der Waals surface area contributed by atoms with Gasteiger partial charge in [0.25, 0.3) is 0 Å². The number of aliphatic carboxylic acids is 1. The lowest BCUT2D eigenvalue weighted by Crippen LogP contribution is -2.65. The van der Waals surface area contributed by atoms with E-state index in [0.717, 1.165) is 0 Å². The summed E-state index contributed by atoms with van der Waals surface area (Å²) in [5, 5.41) is 10.5. The average molecular weight is 619 g/mol. The maximum atomic E-state index is 13.4. The van der Waals surface area contributed by atoms with Gasteiger partial charge < -0.3 is 28.6 Å². The van der Waals surface area contributed by atoms with Crippen LogP contribution >= 0.6 is 0 Å². The summed E-state index contributed by atoms with van der Waals surface area (Å²) in [6.07, 6.45) is -1.46. The van der Waals surface area contributed by atoms with Gasteiger partial charge in [0.05, 0.1) is 17.7 Å². The van der Waals surface area contributed by atoms with Crippen LogP contribution in [0.2, 0.25) is 18.1 Å². The molecule has 1 saturated heterocycles. The molecule has 240 valence electrons. The van der Waals surface area contributed by atoms with Gasteiger partial charge in [-0.3, -0.25) is 4.90 Å². The zero-order valence-electron chi connectivity index (χ0n) is 27.9. The molecular weight excluding hydrogens is 568 g/mol. The summed E-state index contributed by atoms with van der Waals surface area (Å²) >= 11 is 0. The molecule has 2 amide bonds. The maximum absolute atomic E-state index is 13.4. The van der Waals surface area contributed by atoms with E-state index in [1.165, 1.54) is 9.80 Å². The number of hydrogen-bond acceptors (Lipinski definition) is 7. The number of carboxylic acid groups (broad SMARTS) is 1. The molecule has 11 heteroatoms. The fourth-order valence-electron chi connectivity index (χ4n) is 5.08. The number of nitrogens with zero attached hydrogens (tertiary/aromatic N) is 2. The molecule has 43 heavy (non-hydrogen) atoms. The topological polar surface area (TPSA) is 115 Å². The lowest BCUT2D eigenvalue weighted by molar-refractivity contribution is -0.134. The van der Waals surface area contributed by atoms with E-state index in [9.17, 15) is 19.5 Å². The van der Waals surface area contributed by atoms with Crippen LogP contribution in [-0.4, -0.2) is 84.0 Å². The van der Waals surface area contributed by atoms with Gasteiger partial charge in [-0.05, 0) is 96.3 Å². The first-order chi connectivity index (χ1) is 19.5. The summed E-state index contributed by atoms with van der Waals surface area (Å²) < 4.78 is 23.8. The van der Waals surface area contributed by atoms with Crippen LogP contribution in [0.15, 0.2) is 29.8 Å². The summed E-state index contributed by atoms with van der Waals surface area (Å²) in [5.41, 5.74) is -0.193. The Hall–Kier alpha value is -3.05. The molecule has 1 N–H and O–H groups in total. The molecule has 3 rings (SSSR count). The Morgan fingerprint density at radius 1 is 0.930 bits per heavy atom. The van der Waals surface area contributed by atoms with Gasteiger partial charge in [-0.2, -0.15) is 0 Å². The summed E-state index contributed by atoms with van der Waals surface area (Å²) in [6, 6.07) is 5.83. The van der Waals surface area contributed by atoms with E-state index in [2.05, 4.69) is 33.9 Å². The Bertz CT molecular complexity index is 1260. The first-order valence-corrected chi connectivity index (χ1v) is 17.8. The normalized spacial score (nSPS) is 20.5. The molecule has 10 nitrogen and oxygen atoms in total. The second-order valence-electron chi connectivity index (χ2n) is 14.9. The summed E-state index contributed by atoms with van der Waals surface area (Å²) in [4.78, 5) is 42.4. The van der Waals surface area contributed by atoms with Crippen molar-refractivity contribution in [1.82, 2.24) is 9.80 Å². The van der Waals surface area contributed by atoms with Crippen LogP contribution in [0, 0.1) is 0 Å². The van der Waals surface area contributed by atoms with Crippen LogP contribution in [0.3, 0.4) is 0 Å². The second-order valence-corrected chi connectivity index (χ2v) is 19.7. The Kier molecular flexibility index (Phi) is 9.73. The highest BCUT2D eigenvalue weighted by Crippen LogP contribution is 2.41. The van der Waals surface area contributed by atoms with E-state index in [0.29, 0.717) is 16.9 Å². The predicted octanol–water partition coefficient (Wildman–Crippen LogP) is 6.90. The molecule has 2 heterocycles. The Labute approximate surface area is 257 Å². The molecule has 0 aromatic heterocycles. The van der Waals surface area contributed by atoms with Gasteiger partial charge in [-0.15, -0.1) is 0 Å². The van der Waals surface area contributed by atoms with Gasteiger partial charge in [-0.25, -0.2) is 14.4 Å². The molecule has 0 spiro atoms. The lowest BCUT2D eigenvalue weighted by Gasteiger charge is -2.50. The summed E-state index contributed by atoms with van der Waals surface area (Å²) in [5.74, 6) is -0.616. The average Bonchev–Trinajstić information content (AvgIpc) is 2.79. The number of benzene rings is 1.